The molecule has 0 fully saturated rings. The average Bonchev–Trinajstić information content (AvgIpc) is 2.24. The fourth-order valence-corrected chi connectivity index (χ4v) is 0.427. The van der Waals surface area contributed by atoms with E-state index in [9.17, 15) is 0 Å². The van der Waals surface area contributed by atoms with Crippen LogP contribution in [0.2, 0.25) is 0 Å². The minimum absolute atomic E-state index is 0. The summed E-state index contributed by atoms with van der Waals surface area (Å²) in [7, 11) is 3.00. The van der Waals surface area contributed by atoms with Crippen LogP contribution in [0.4, 0.5) is 0 Å². The molecule has 0 atom stereocenters. The summed E-state index contributed by atoms with van der Waals surface area (Å²) in [4.78, 5) is 0. The number of hydrogen-bond acceptors (Lipinski definition) is 3. The third kappa shape index (κ3) is 109. The minimum atomic E-state index is 0. The van der Waals surface area contributed by atoms with Crippen LogP contribution in [0.25, 0.3) is 0 Å². The van der Waals surface area contributed by atoms with E-state index in [0.717, 1.165) is 27.8 Å². The van der Waals surface area contributed by atoms with Gasteiger partial charge in [0.1, 0.15) is 0 Å². The Morgan fingerprint density at radius 3 is 1.23 bits per heavy atom. The summed E-state index contributed by atoms with van der Waals surface area (Å²) in [5.74, 6) is 0. The Kier molecular flexibility index (Phi) is 180. The van der Waals surface area contributed by atoms with Crippen molar-refractivity contribution in [1.82, 2.24) is 0 Å². The molecular formula is C9H25O3Ti-. The fourth-order valence-electron chi connectivity index (χ4n) is 0.427. The summed E-state index contributed by atoms with van der Waals surface area (Å²) in [6.07, 6.45) is 5.07. The van der Waals surface area contributed by atoms with Gasteiger partial charge < -0.3 is 22.2 Å². The van der Waals surface area contributed by atoms with Gasteiger partial charge in [0.2, 0.25) is 0 Å². The molecule has 0 rings (SSSR count). The smallest absolute Gasteiger partial charge is 0.0319 e. The predicted molar refractivity (Wildman–Crippen MR) is 53.9 cm³/mol. The summed E-state index contributed by atoms with van der Waals surface area (Å²) in [6.45, 7) is 5.93. The van der Waals surface area contributed by atoms with E-state index in [-0.39, 0.29) is 21.7 Å². The number of aliphatic hydroxyl groups excluding tert-OH is 3. The van der Waals surface area contributed by atoms with Gasteiger partial charge in [0.25, 0.3) is 0 Å². The second kappa shape index (κ2) is 80.2. The van der Waals surface area contributed by atoms with Gasteiger partial charge in [-0.15, -0.1) is 0 Å². The molecule has 0 aromatic rings. The Morgan fingerprint density at radius 1 is 0.846 bits per heavy atom. The standard InChI is InChI=1S/C6H13.3CH4O.Ti/c1-3-5-6-4-2;3*1-2;/h1,3-6H2,2H3;3*2H,1H3;/q-1;;;;. The Hall–Kier alpha value is 0.594. The minimum Gasteiger partial charge on any atom is -0.400 e. The molecule has 0 spiro atoms. The van der Waals surface area contributed by atoms with Gasteiger partial charge in [0.05, 0.1) is 0 Å². The van der Waals surface area contributed by atoms with Crippen molar-refractivity contribution in [2.45, 2.75) is 32.6 Å². The maximum atomic E-state index is 7.00. The number of aliphatic hydroxyl groups is 3. The first-order valence-electron chi connectivity index (χ1n) is 4.05. The van der Waals surface area contributed by atoms with Crippen LogP contribution in [0.3, 0.4) is 0 Å². The Labute approximate surface area is 98.1 Å². The second-order valence-corrected chi connectivity index (χ2v) is 1.56. The van der Waals surface area contributed by atoms with Crippen LogP contribution in [0.1, 0.15) is 32.6 Å². The topological polar surface area (TPSA) is 60.7 Å². The van der Waals surface area contributed by atoms with E-state index in [4.69, 9.17) is 15.3 Å². The molecule has 0 saturated heterocycles. The summed E-state index contributed by atoms with van der Waals surface area (Å²) < 4.78 is 0. The van der Waals surface area contributed by atoms with Gasteiger partial charge >= 0.3 is 0 Å². The number of unbranched alkanes of at least 4 members (excludes halogenated alkanes) is 3. The van der Waals surface area contributed by atoms with E-state index in [1.54, 1.807) is 0 Å². The van der Waals surface area contributed by atoms with Crippen LogP contribution in [-0.4, -0.2) is 36.6 Å². The number of rotatable bonds is 3. The molecule has 0 aliphatic rings. The van der Waals surface area contributed by atoms with E-state index >= 15 is 0 Å². The third-order valence-corrected chi connectivity index (χ3v) is 0.854. The molecule has 0 unspecified atom stereocenters. The second-order valence-electron chi connectivity index (χ2n) is 1.56. The zero-order valence-corrected chi connectivity index (χ0v) is 10.9. The van der Waals surface area contributed by atoms with E-state index < -0.39 is 0 Å². The SMILES string of the molecule is CO.CO.CO.[CH2-]CCCCC.[Ti]. The van der Waals surface area contributed by atoms with Crippen LogP contribution in [0.15, 0.2) is 0 Å². The monoisotopic (exact) mass is 229 g/mol. The normalized spacial score (nSPS) is 5.54. The van der Waals surface area contributed by atoms with Crippen molar-refractivity contribution in [3.05, 3.63) is 6.92 Å². The van der Waals surface area contributed by atoms with Gasteiger partial charge in [0.15, 0.2) is 0 Å². The van der Waals surface area contributed by atoms with Gasteiger partial charge in [-0.25, -0.2) is 0 Å². The molecule has 0 amide bonds. The zero-order valence-electron chi connectivity index (χ0n) is 9.38. The van der Waals surface area contributed by atoms with Crippen LogP contribution in [0.5, 0.6) is 0 Å². The molecular weight excluding hydrogens is 204 g/mol. The van der Waals surface area contributed by atoms with Crippen molar-refractivity contribution in [1.29, 1.82) is 0 Å². The maximum absolute atomic E-state index is 7.00. The van der Waals surface area contributed by atoms with E-state index in [0.29, 0.717) is 0 Å². The van der Waals surface area contributed by atoms with Crippen molar-refractivity contribution in [3.63, 3.8) is 0 Å². The zero-order chi connectivity index (χ0) is 10.8. The van der Waals surface area contributed by atoms with Crippen molar-refractivity contribution in [2.75, 3.05) is 21.3 Å². The van der Waals surface area contributed by atoms with Crippen LogP contribution in [0, 0.1) is 6.92 Å². The first-order chi connectivity index (χ1) is 5.91. The Morgan fingerprint density at radius 2 is 1.15 bits per heavy atom. The molecule has 0 saturated carbocycles. The summed E-state index contributed by atoms with van der Waals surface area (Å²) in [5, 5.41) is 21.0. The van der Waals surface area contributed by atoms with Crippen molar-refractivity contribution in [2.24, 2.45) is 0 Å². The molecule has 0 aliphatic carbocycles. The molecule has 0 aromatic carbocycles. The maximum Gasteiger partial charge on any atom is 0.0319 e. The first-order valence-corrected chi connectivity index (χ1v) is 4.05. The summed E-state index contributed by atoms with van der Waals surface area (Å²) in [6, 6.07) is 0. The molecule has 4 heteroatoms. The van der Waals surface area contributed by atoms with Crippen LogP contribution < -0.4 is 0 Å². The first kappa shape index (κ1) is 29.2. The number of hydrogen-bond donors (Lipinski definition) is 3. The van der Waals surface area contributed by atoms with Gasteiger partial charge in [0, 0.05) is 43.0 Å². The molecule has 84 valence electrons. The molecule has 0 heterocycles. The predicted octanol–water partition coefficient (Wildman–Crippen LogP) is 1.22. The van der Waals surface area contributed by atoms with Crippen molar-refractivity contribution >= 4 is 0 Å². The van der Waals surface area contributed by atoms with Crippen LogP contribution in [-0.2, 0) is 21.7 Å². The quantitative estimate of drug-likeness (QED) is 0.387. The van der Waals surface area contributed by atoms with E-state index in [1.807, 2.05) is 0 Å². The molecule has 3 nitrogen and oxygen atoms in total. The Balaban J connectivity index is -0.0000000263. The average molecular weight is 229 g/mol. The Bertz CT molecular complexity index is 26.8. The molecule has 13 heavy (non-hydrogen) atoms. The summed E-state index contributed by atoms with van der Waals surface area (Å²) >= 11 is 0. The molecule has 0 bridgehead atoms. The molecule has 0 aliphatic heterocycles. The molecule has 0 aromatic heterocycles. The van der Waals surface area contributed by atoms with Gasteiger partial charge in [-0.1, -0.05) is 26.2 Å². The van der Waals surface area contributed by atoms with Crippen LogP contribution >= 0.6 is 0 Å². The van der Waals surface area contributed by atoms with E-state index in [2.05, 4.69) is 13.8 Å². The molecule has 0 radical (unpaired) electrons. The fraction of sp³-hybridized carbons (Fsp3) is 0.889. The third-order valence-electron chi connectivity index (χ3n) is 0.854. The summed E-state index contributed by atoms with van der Waals surface area (Å²) in [5.41, 5.74) is 0. The largest absolute Gasteiger partial charge is 0.400 e. The van der Waals surface area contributed by atoms with Crippen molar-refractivity contribution in [3.8, 4) is 0 Å². The van der Waals surface area contributed by atoms with Gasteiger partial charge in [-0.05, 0) is 0 Å². The van der Waals surface area contributed by atoms with Gasteiger partial charge in [-0.3, -0.25) is 0 Å². The molecule has 3 N–H and O–H groups in total. The van der Waals surface area contributed by atoms with E-state index in [1.165, 1.54) is 19.3 Å². The van der Waals surface area contributed by atoms with Gasteiger partial charge in [-0.2, -0.15) is 6.42 Å². The van der Waals surface area contributed by atoms with Crippen molar-refractivity contribution < 1.29 is 37.0 Å².